The first-order valence-corrected chi connectivity index (χ1v) is 15.1. The van der Waals surface area contributed by atoms with E-state index in [-0.39, 0.29) is 11.3 Å². The number of amides is 1. The van der Waals surface area contributed by atoms with Crippen molar-refractivity contribution in [3.63, 3.8) is 0 Å². The molecule has 1 aliphatic rings. The Morgan fingerprint density at radius 3 is 2.45 bits per heavy atom. The predicted molar refractivity (Wildman–Crippen MR) is 169 cm³/mol. The molecule has 0 N–H and O–H groups in total. The van der Waals surface area contributed by atoms with Crippen molar-refractivity contribution in [1.82, 2.24) is 20.0 Å². The monoisotopic (exact) mass is 561 g/mol. The van der Waals surface area contributed by atoms with Crippen LogP contribution in [0.4, 0.5) is 5.82 Å². The van der Waals surface area contributed by atoms with Crippen LogP contribution in [0.3, 0.4) is 0 Å². The van der Waals surface area contributed by atoms with E-state index in [0.29, 0.717) is 25.3 Å². The number of carbonyl (C=O) groups excluding carboxylic acids is 1. The van der Waals surface area contributed by atoms with Gasteiger partial charge in [-0.3, -0.25) is 4.79 Å². The number of hydrogen-bond acceptors (Lipinski definition) is 6. The first kappa shape index (κ1) is 27.9. The molecule has 0 spiro atoms. The molecular weight excluding hydrogens is 522 g/mol. The molecule has 3 heterocycles. The lowest BCUT2D eigenvalue weighted by Gasteiger charge is -2.24. The third-order valence-electron chi connectivity index (χ3n) is 8.22. The zero-order valence-corrected chi connectivity index (χ0v) is 25.1. The Kier molecular flexibility index (Phi) is 7.67. The number of carbonyl (C=O) groups is 1. The molecule has 3 aromatic carbocycles. The predicted octanol–water partition coefficient (Wildman–Crippen LogP) is 7.43. The molecule has 7 nitrogen and oxygen atoms in total. The molecule has 5 aromatic rings. The summed E-state index contributed by atoms with van der Waals surface area (Å²) in [4.78, 5) is 27.6. The van der Waals surface area contributed by atoms with Crippen LogP contribution < -0.4 is 4.90 Å². The number of anilines is 1. The lowest BCUT2D eigenvalue weighted by atomic mass is 9.86. The van der Waals surface area contributed by atoms with Gasteiger partial charge >= 0.3 is 0 Å². The summed E-state index contributed by atoms with van der Waals surface area (Å²) in [6.07, 6.45) is 3.70. The number of rotatable bonds is 6. The molecule has 6 rings (SSSR count). The van der Waals surface area contributed by atoms with E-state index in [0.717, 1.165) is 71.5 Å². The van der Waals surface area contributed by atoms with Crippen LogP contribution in [0.5, 0.6) is 0 Å². The average Bonchev–Trinajstić information content (AvgIpc) is 3.27. The Bertz CT molecular complexity index is 1720. The number of unbranched alkanes of at least 4 members (excludes halogenated alkanes) is 1. The van der Waals surface area contributed by atoms with Crippen molar-refractivity contribution in [3.05, 3.63) is 83.7 Å². The van der Waals surface area contributed by atoms with E-state index in [2.05, 4.69) is 80.2 Å². The van der Waals surface area contributed by atoms with Gasteiger partial charge in [-0.1, -0.05) is 87.8 Å². The molecule has 0 atom stereocenters. The highest BCUT2D eigenvalue weighted by Gasteiger charge is 2.26. The van der Waals surface area contributed by atoms with Gasteiger partial charge < -0.3 is 14.3 Å². The summed E-state index contributed by atoms with van der Waals surface area (Å²) in [6.45, 7) is 11.5. The van der Waals surface area contributed by atoms with Crippen molar-refractivity contribution in [2.24, 2.45) is 0 Å². The van der Waals surface area contributed by atoms with Crippen LogP contribution in [0.2, 0.25) is 0 Å². The normalized spacial score (nSPS) is 14.5. The standard InChI is InChI=1S/C35H39N5O2/c1-5-6-12-29-36-32(30-31(38-42-33(30)37-29)27-14-13-24-10-7-8-11-26(24)23-27)39-19-9-20-40(22-21-39)34(41)25-15-17-28(18-16-25)35(2,3)4/h7-8,10-11,13-18,23H,5-6,9,12,19-22H2,1-4H3. The third-order valence-corrected chi connectivity index (χ3v) is 8.22. The SMILES string of the molecule is CCCCc1nc(N2CCCN(C(=O)c3ccc(C(C)(C)C)cc3)CC2)c2c(-c3ccc4ccccc4c3)noc2n1. The average molecular weight is 562 g/mol. The largest absolute Gasteiger partial charge is 0.354 e. The quantitative estimate of drug-likeness (QED) is 0.215. The van der Waals surface area contributed by atoms with E-state index in [1.807, 2.05) is 29.2 Å². The number of benzene rings is 3. The summed E-state index contributed by atoms with van der Waals surface area (Å²) in [5, 5.41) is 7.67. The van der Waals surface area contributed by atoms with Crippen LogP contribution in [0, 0.1) is 0 Å². The fourth-order valence-electron chi connectivity index (χ4n) is 5.72. The van der Waals surface area contributed by atoms with Gasteiger partial charge in [0.2, 0.25) is 0 Å². The number of hydrogen-bond donors (Lipinski definition) is 0. The van der Waals surface area contributed by atoms with Crippen LogP contribution in [0.15, 0.2) is 71.3 Å². The minimum atomic E-state index is 0.0528. The van der Waals surface area contributed by atoms with E-state index in [4.69, 9.17) is 14.5 Å². The molecule has 1 saturated heterocycles. The zero-order chi connectivity index (χ0) is 29.3. The number of fused-ring (bicyclic) bond motifs is 2. The van der Waals surface area contributed by atoms with Gasteiger partial charge in [-0.15, -0.1) is 0 Å². The van der Waals surface area contributed by atoms with Crippen molar-refractivity contribution >= 4 is 33.6 Å². The van der Waals surface area contributed by atoms with Gasteiger partial charge in [-0.2, -0.15) is 4.98 Å². The van der Waals surface area contributed by atoms with Crippen molar-refractivity contribution in [2.75, 3.05) is 31.1 Å². The highest BCUT2D eigenvalue weighted by molar-refractivity contribution is 6.00. The smallest absolute Gasteiger partial charge is 0.263 e. The van der Waals surface area contributed by atoms with Crippen molar-refractivity contribution in [3.8, 4) is 11.3 Å². The van der Waals surface area contributed by atoms with Crippen LogP contribution in [-0.2, 0) is 11.8 Å². The number of nitrogens with zero attached hydrogens (tertiary/aromatic N) is 5. The highest BCUT2D eigenvalue weighted by Crippen LogP contribution is 2.35. The van der Waals surface area contributed by atoms with E-state index in [9.17, 15) is 4.79 Å². The number of aryl methyl sites for hydroxylation is 1. The first-order chi connectivity index (χ1) is 20.3. The van der Waals surface area contributed by atoms with Crippen molar-refractivity contribution < 1.29 is 9.32 Å². The van der Waals surface area contributed by atoms with Crippen molar-refractivity contribution in [2.45, 2.75) is 58.8 Å². The maximum absolute atomic E-state index is 13.5. The summed E-state index contributed by atoms with van der Waals surface area (Å²) >= 11 is 0. The van der Waals surface area contributed by atoms with Gasteiger partial charge in [-0.25, -0.2) is 4.98 Å². The van der Waals surface area contributed by atoms with Crippen LogP contribution in [0.25, 0.3) is 33.1 Å². The summed E-state index contributed by atoms with van der Waals surface area (Å²) in [5.41, 5.74) is 4.26. The second kappa shape index (κ2) is 11.6. The minimum Gasteiger partial charge on any atom is -0.354 e. The Morgan fingerprint density at radius 2 is 1.69 bits per heavy atom. The Labute approximate surface area is 247 Å². The van der Waals surface area contributed by atoms with E-state index >= 15 is 0 Å². The second-order valence-electron chi connectivity index (χ2n) is 12.3. The summed E-state index contributed by atoms with van der Waals surface area (Å²) in [6, 6.07) is 22.7. The molecule has 7 heteroatoms. The molecule has 0 saturated carbocycles. The fourth-order valence-corrected chi connectivity index (χ4v) is 5.72. The molecule has 1 amide bonds. The van der Waals surface area contributed by atoms with Gasteiger partial charge in [0.15, 0.2) is 0 Å². The minimum absolute atomic E-state index is 0.0528. The van der Waals surface area contributed by atoms with Gasteiger partial charge in [-0.05, 0) is 52.8 Å². The Balaban J connectivity index is 1.32. The Morgan fingerprint density at radius 1 is 0.905 bits per heavy atom. The summed E-state index contributed by atoms with van der Waals surface area (Å²) in [5.74, 6) is 1.70. The molecule has 0 aliphatic carbocycles. The Hall–Kier alpha value is -4.26. The lowest BCUT2D eigenvalue weighted by Crippen LogP contribution is -2.35. The maximum atomic E-state index is 13.5. The van der Waals surface area contributed by atoms with E-state index in [1.165, 1.54) is 10.9 Å². The maximum Gasteiger partial charge on any atom is 0.263 e. The van der Waals surface area contributed by atoms with E-state index in [1.54, 1.807) is 0 Å². The summed E-state index contributed by atoms with van der Waals surface area (Å²) in [7, 11) is 0. The first-order valence-electron chi connectivity index (χ1n) is 15.1. The van der Waals surface area contributed by atoms with E-state index < -0.39 is 0 Å². The van der Waals surface area contributed by atoms with Crippen LogP contribution in [0.1, 0.15) is 68.7 Å². The topological polar surface area (TPSA) is 75.4 Å². The lowest BCUT2D eigenvalue weighted by molar-refractivity contribution is 0.0767. The third kappa shape index (κ3) is 5.60. The van der Waals surface area contributed by atoms with Gasteiger partial charge in [0.05, 0.1) is 0 Å². The molecule has 0 radical (unpaired) electrons. The molecular formula is C35H39N5O2. The second-order valence-corrected chi connectivity index (χ2v) is 12.3. The molecule has 1 fully saturated rings. The van der Waals surface area contributed by atoms with Gasteiger partial charge in [0.1, 0.15) is 22.7 Å². The zero-order valence-electron chi connectivity index (χ0n) is 25.1. The molecule has 2 aromatic heterocycles. The highest BCUT2D eigenvalue weighted by atomic mass is 16.5. The van der Waals surface area contributed by atoms with Gasteiger partial charge in [0, 0.05) is 43.7 Å². The molecule has 42 heavy (non-hydrogen) atoms. The summed E-state index contributed by atoms with van der Waals surface area (Å²) < 4.78 is 5.86. The molecule has 0 unspecified atom stereocenters. The van der Waals surface area contributed by atoms with Gasteiger partial charge in [0.25, 0.3) is 11.6 Å². The molecule has 1 aliphatic heterocycles. The number of aromatic nitrogens is 3. The van der Waals surface area contributed by atoms with Crippen LogP contribution >= 0.6 is 0 Å². The molecule has 0 bridgehead atoms. The van der Waals surface area contributed by atoms with Crippen LogP contribution in [-0.4, -0.2) is 52.1 Å². The fraction of sp³-hybridized carbons (Fsp3) is 0.371. The van der Waals surface area contributed by atoms with Crippen molar-refractivity contribution in [1.29, 1.82) is 0 Å². The molecule has 216 valence electrons.